The molecule has 6 heteroatoms. The molecule has 0 aliphatic rings. The van der Waals surface area contributed by atoms with Crippen LogP contribution in [0.1, 0.15) is 233 Å². The molecule has 0 spiro atoms. The second-order valence-corrected chi connectivity index (χ2v) is 17.4. The lowest BCUT2D eigenvalue weighted by Gasteiger charge is -2.18. The Morgan fingerprint density at radius 1 is 0.318 bits per heavy atom. The molecule has 0 unspecified atom stereocenters. The molecule has 0 aliphatic heterocycles. The van der Waals surface area contributed by atoms with E-state index in [1.54, 1.807) is 0 Å². The molecule has 0 fully saturated rings. The fourth-order valence-electron chi connectivity index (χ4n) is 7.00. The first-order valence-corrected chi connectivity index (χ1v) is 26.9. The Kier molecular flexibility index (Phi) is 50.5. The van der Waals surface area contributed by atoms with Crippen LogP contribution in [0, 0.1) is 0 Å². The summed E-state index contributed by atoms with van der Waals surface area (Å²) in [6.07, 6.45) is 72.2. The molecule has 66 heavy (non-hydrogen) atoms. The fourth-order valence-corrected chi connectivity index (χ4v) is 7.00. The average Bonchev–Trinajstić information content (AvgIpc) is 3.31. The topological polar surface area (TPSA) is 78.9 Å². The van der Waals surface area contributed by atoms with Gasteiger partial charge in [-0.25, -0.2) is 0 Å². The summed E-state index contributed by atoms with van der Waals surface area (Å²) in [5.41, 5.74) is 0. The van der Waals surface area contributed by atoms with Crippen LogP contribution in [0.4, 0.5) is 0 Å². The molecule has 0 N–H and O–H groups in total. The Balaban J connectivity index is 4.52. The molecule has 0 saturated carbocycles. The average molecular weight is 915 g/mol. The van der Waals surface area contributed by atoms with E-state index in [-0.39, 0.29) is 37.5 Å². The number of hydrogen-bond acceptors (Lipinski definition) is 6. The normalized spacial score (nSPS) is 13.0. The van der Waals surface area contributed by atoms with Crippen molar-refractivity contribution in [2.75, 3.05) is 13.2 Å². The molecular formula is C60H98O6. The predicted octanol–water partition coefficient (Wildman–Crippen LogP) is 17.9. The number of unbranched alkanes of at least 4 members (excludes halogenated alkanes) is 18. The Morgan fingerprint density at radius 2 is 0.621 bits per heavy atom. The Hall–Kier alpha value is -3.93. The van der Waals surface area contributed by atoms with Crippen molar-refractivity contribution in [1.82, 2.24) is 0 Å². The zero-order valence-corrected chi connectivity index (χ0v) is 42.7. The van der Waals surface area contributed by atoms with Crippen LogP contribution in [0.15, 0.2) is 109 Å². The lowest BCUT2D eigenvalue weighted by molar-refractivity contribution is -0.166. The van der Waals surface area contributed by atoms with Gasteiger partial charge in [0.2, 0.25) is 0 Å². The fraction of sp³-hybridized carbons (Fsp3) is 0.650. The van der Waals surface area contributed by atoms with Gasteiger partial charge in [0.15, 0.2) is 6.10 Å². The lowest BCUT2D eigenvalue weighted by atomic mass is 10.0. The van der Waals surface area contributed by atoms with E-state index in [9.17, 15) is 14.4 Å². The summed E-state index contributed by atoms with van der Waals surface area (Å²) in [7, 11) is 0. The van der Waals surface area contributed by atoms with Gasteiger partial charge < -0.3 is 14.2 Å². The van der Waals surface area contributed by atoms with Gasteiger partial charge in [-0.05, 0) is 96.3 Å². The van der Waals surface area contributed by atoms with E-state index in [1.165, 1.54) is 83.5 Å². The van der Waals surface area contributed by atoms with Gasteiger partial charge in [0.25, 0.3) is 0 Å². The first-order chi connectivity index (χ1) is 32.5. The number of esters is 3. The minimum atomic E-state index is -0.817. The first-order valence-electron chi connectivity index (χ1n) is 26.9. The molecular weight excluding hydrogens is 817 g/mol. The smallest absolute Gasteiger partial charge is 0.306 e. The van der Waals surface area contributed by atoms with Crippen molar-refractivity contribution < 1.29 is 28.6 Å². The highest BCUT2D eigenvalue weighted by molar-refractivity contribution is 5.71. The van der Waals surface area contributed by atoms with Crippen LogP contribution in [0.3, 0.4) is 0 Å². The summed E-state index contributed by atoms with van der Waals surface area (Å²) in [6.45, 7) is 6.40. The van der Waals surface area contributed by atoms with Crippen LogP contribution in [-0.2, 0) is 28.6 Å². The molecule has 1 atom stereocenters. The van der Waals surface area contributed by atoms with Crippen molar-refractivity contribution >= 4 is 17.9 Å². The lowest BCUT2D eigenvalue weighted by Crippen LogP contribution is -2.30. The largest absolute Gasteiger partial charge is 0.462 e. The quantitative estimate of drug-likeness (QED) is 0.0262. The molecule has 0 aromatic carbocycles. The standard InChI is InChI=1S/C60H98O6/c1-4-7-10-13-16-19-22-25-27-29-30-32-34-36-39-41-44-47-50-53-59(62)65-56-57(66-60(63)54-51-48-45-42-37-24-21-18-15-12-9-6-3)55-64-58(61)52-49-46-43-40-38-35-33-31-28-26-23-20-17-14-11-8-5-2/h7,10,16-17,19-20,25-28,30,32-33,35-36,39,44,47,57H,4-6,8-9,11-15,18,21-24,29,31,34,37-38,40-43,45-46,48-56H2,1-3H3/b10-7-,19-16-,20-17-,27-25-,28-26-,32-30-,35-33-,39-36-,47-44-/t57-/m0/s1. The van der Waals surface area contributed by atoms with Crippen molar-refractivity contribution in [1.29, 1.82) is 0 Å². The number of rotatable bonds is 47. The van der Waals surface area contributed by atoms with E-state index in [4.69, 9.17) is 14.2 Å². The van der Waals surface area contributed by atoms with Gasteiger partial charge in [0.1, 0.15) is 13.2 Å². The molecule has 0 radical (unpaired) electrons. The highest BCUT2D eigenvalue weighted by Crippen LogP contribution is 2.14. The summed E-state index contributed by atoms with van der Waals surface area (Å²) in [4.78, 5) is 38.0. The number of carbonyl (C=O) groups is 3. The highest BCUT2D eigenvalue weighted by atomic mass is 16.6. The first kappa shape index (κ1) is 62.1. The third-order valence-electron chi connectivity index (χ3n) is 11.0. The zero-order valence-electron chi connectivity index (χ0n) is 42.7. The number of hydrogen-bond donors (Lipinski definition) is 0. The van der Waals surface area contributed by atoms with Crippen molar-refractivity contribution in [3.63, 3.8) is 0 Å². The zero-order chi connectivity index (χ0) is 47.9. The molecule has 0 aromatic heterocycles. The van der Waals surface area contributed by atoms with Crippen LogP contribution in [-0.4, -0.2) is 37.2 Å². The van der Waals surface area contributed by atoms with Gasteiger partial charge in [-0.2, -0.15) is 0 Å². The second-order valence-electron chi connectivity index (χ2n) is 17.4. The molecule has 0 aliphatic carbocycles. The van der Waals surface area contributed by atoms with E-state index >= 15 is 0 Å². The van der Waals surface area contributed by atoms with Crippen LogP contribution < -0.4 is 0 Å². The summed E-state index contributed by atoms with van der Waals surface area (Å²) < 4.78 is 16.7. The van der Waals surface area contributed by atoms with Crippen LogP contribution in [0.25, 0.3) is 0 Å². The monoisotopic (exact) mass is 915 g/mol. The number of ether oxygens (including phenoxy) is 3. The van der Waals surface area contributed by atoms with Gasteiger partial charge >= 0.3 is 17.9 Å². The summed E-state index contributed by atoms with van der Waals surface area (Å²) in [6, 6.07) is 0. The van der Waals surface area contributed by atoms with Gasteiger partial charge in [0, 0.05) is 19.3 Å². The van der Waals surface area contributed by atoms with E-state index in [1.807, 2.05) is 6.08 Å². The molecule has 0 amide bonds. The highest BCUT2D eigenvalue weighted by Gasteiger charge is 2.19. The molecule has 0 heterocycles. The van der Waals surface area contributed by atoms with Gasteiger partial charge in [-0.3, -0.25) is 14.4 Å². The maximum atomic E-state index is 12.8. The molecule has 374 valence electrons. The maximum Gasteiger partial charge on any atom is 0.306 e. The minimum Gasteiger partial charge on any atom is -0.462 e. The van der Waals surface area contributed by atoms with Crippen molar-refractivity contribution in [2.45, 2.75) is 239 Å². The summed E-state index contributed by atoms with van der Waals surface area (Å²) in [5, 5.41) is 0. The van der Waals surface area contributed by atoms with E-state index < -0.39 is 6.10 Å². The molecule has 0 aromatic rings. The van der Waals surface area contributed by atoms with Crippen LogP contribution >= 0.6 is 0 Å². The maximum absolute atomic E-state index is 12.8. The second kappa shape index (κ2) is 53.7. The van der Waals surface area contributed by atoms with Crippen LogP contribution in [0.2, 0.25) is 0 Å². The minimum absolute atomic E-state index is 0.113. The third-order valence-corrected chi connectivity index (χ3v) is 11.0. The molecule has 0 bridgehead atoms. The molecule has 0 rings (SSSR count). The van der Waals surface area contributed by atoms with Crippen LogP contribution in [0.5, 0.6) is 0 Å². The van der Waals surface area contributed by atoms with Gasteiger partial charge in [0.05, 0.1) is 0 Å². The van der Waals surface area contributed by atoms with E-state index in [0.717, 1.165) is 103 Å². The predicted molar refractivity (Wildman–Crippen MR) is 283 cm³/mol. The third kappa shape index (κ3) is 51.1. The molecule has 0 saturated heterocycles. The Bertz CT molecular complexity index is 1370. The Morgan fingerprint density at radius 3 is 1.05 bits per heavy atom. The van der Waals surface area contributed by atoms with E-state index in [2.05, 4.69) is 124 Å². The summed E-state index contributed by atoms with van der Waals surface area (Å²) >= 11 is 0. The van der Waals surface area contributed by atoms with Crippen molar-refractivity contribution in [3.8, 4) is 0 Å². The Labute approximate surface area is 406 Å². The summed E-state index contributed by atoms with van der Waals surface area (Å²) in [5.74, 6) is -1.02. The van der Waals surface area contributed by atoms with Gasteiger partial charge in [-0.15, -0.1) is 0 Å². The molecule has 6 nitrogen and oxygen atoms in total. The van der Waals surface area contributed by atoms with Gasteiger partial charge in [-0.1, -0.05) is 226 Å². The number of allylic oxidation sites excluding steroid dienone is 18. The van der Waals surface area contributed by atoms with Crippen molar-refractivity contribution in [2.24, 2.45) is 0 Å². The SMILES string of the molecule is CC/C=C\C/C=C\C/C=C\C/C=C\C/C=C\C/C=C\CCC(=O)OC[C@H](COC(=O)CCCCCC/C=C\C/C=C\C/C=C\CCCCC)OC(=O)CCCCCCCCCCCCCC. The van der Waals surface area contributed by atoms with Crippen molar-refractivity contribution in [3.05, 3.63) is 109 Å². The number of carbonyl (C=O) groups excluding carboxylic acids is 3. The van der Waals surface area contributed by atoms with E-state index in [0.29, 0.717) is 19.3 Å².